The molecule has 0 spiro atoms. The molecule has 0 aromatic heterocycles. The van der Waals surface area contributed by atoms with Crippen molar-refractivity contribution in [2.24, 2.45) is 0 Å². The largest absolute Gasteiger partial charge is 0.444 e. The molecule has 1 atom stereocenters. The van der Waals surface area contributed by atoms with Crippen molar-refractivity contribution in [3.05, 3.63) is 35.6 Å². The lowest BCUT2D eigenvalue weighted by atomic mass is 10.1. The van der Waals surface area contributed by atoms with Gasteiger partial charge in [0.1, 0.15) is 11.4 Å². The lowest BCUT2D eigenvalue weighted by Gasteiger charge is -2.22. The number of hydrogen-bond donors (Lipinski definition) is 2. The van der Waals surface area contributed by atoms with Crippen LogP contribution in [0.1, 0.15) is 26.3 Å². The first-order valence-corrected chi connectivity index (χ1v) is 6.15. The van der Waals surface area contributed by atoms with E-state index < -0.39 is 17.7 Å². The number of carbonyl (C=O) groups excluding carboxylic acids is 1. The van der Waals surface area contributed by atoms with Crippen molar-refractivity contribution in [1.29, 1.82) is 0 Å². The normalized spacial score (nSPS) is 12.9. The molecule has 0 heterocycles. The van der Waals surface area contributed by atoms with E-state index in [-0.39, 0.29) is 18.8 Å². The zero-order valence-electron chi connectivity index (χ0n) is 11.4. The minimum atomic E-state index is -0.622. The molecule has 1 amide bonds. The van der Waals surface area contributed by atoms with Gasteiger partial charge in [0.05, 0.1) is 12.6 Å². The molecule has 0 unspecified atom stereocenters. The van der Waals surface area contributed by atoms with Gasteiger partial charge in [-0.25, -0.2) is 9.18 Å². The van der Waals surface area contributed by atoms with Gasteiger partial charge in [-0.1, -0.05) is 18.2 Å². The van der Waals surface area contributed by atoms with Crippen molar-refractivity contribution in [2.75, 3.05) is 6.61 Å². The summed E-state index contributed by atoms with van der Waals surface area (Å²) in [5.74, 6) is -0.355. The summed E-state index contributed by atoms with van der Waals surface area (Å²) < 4.78 is 18.6. The van der Waals surface area contributed by atoms with Crippen LogP contribution in [0.4, 0.5) is 9.18 Å². The molecule has 0 aliphatic rings. The van der Waals surface area contributed by atoms with E-state index >= 15 is 0 Å². The maximum atomic E-state index is 13.5. The fourth-order valence-electron chi connectivity index (χ4n) is 1.56. The Labute approximate surface area is 112 Å². The Morgan fingerprint density at radius 2 is 2.05 bits per heavy atom. The van der Waals surface area contributed by atoms with Gasteiger partial charge in [0.25, 0.3) is 0 Å². The average molecular weight is 269 g/mol. The number of nitrogens with one attached hydrogen (secondary N) is 1. The first-order chi connectivity index (χ1) is 8.81. The molecule has 5 heteroatoms. The van der Waals surface area contributed by atoms with Crippen LogP contribution in [0.25, 0.3) is 0 Å². The molecule has 106 valence electrons. The maximum absolute atomic E-state index is 13.5. The van der Waals surface area contributed by atoms with Crippen molar-refractivity contribution in [2.45, 2.75) is 38.8 Å². The third kappa shape index (κ3) is 5.70. The summed E-state index contributed by atoms with van der Waals surface area (Å²) in [5.41, 5.74) is -0.167. The molecule has 1 aromatic carbocycles. The summed E-state index contributed by atoms with van der Waals surface area (Å²) in [6.07, 6.45) is -0.412. The van der Waals surface area contributed by atoms with Gasteiger partial charge in [-0.3, -0.25) is 0 Å². The molecule has 19 heavy (non-hydrogen) atoms. The number of aliphatic hydroxyl groups excluding tert-OH is 1. The van der Waals surface area contributed by atoms with E-state index in [0.717, 1.165) is 0 Å². The molecule has 0 saturated carbocycles. The fraction of sp³-hybridized carbons (Fsp3) is 0.500. The Balaban J connectivity index is 2.60. The highest BCUT2D eigenvalue weighted by atomic mass is 19.1. The number of hydrogen-bond acceptors (Lipinski definition) is 3. The Kier molecular flexibility index (Phi) is 5.30. The van der Waals surface area contributed by atoms with E-state index in [1.165, 1.54) is 6.07 Å². The predicted octanol–water partition coefficient (Wildman–Crippen LogP) is 2.25. The highest BCUT2D eigenvalue weighted by molar-refractivity contribution is 5.68. The highest BCUT2D eigenvalue weighted by Gasteiger charge is 2.19. The molecule has 0 radical (unpaired) electrons. The number of rotatable bonds is 4. The second-order valence-electron chi connectivity index (χ2n) is 5.32. The van der Waals surface area contributed by atoms with E-state index in [2.05, 4.69) is 5.32 Å². The van der Waals surface area contributed by atoms with E-state index in [1.807, 2.05) is 0 Å². The fourth-order valence-corrected chi connectivity index (χ4v) is 1.56. The van der Waals surface area contributed by atoms with Crippen LogP contribution in [0, 0.1) is 5.82 Å². The maximum Gasteiger partial charge on any atom is 0.407 e. The molecular formula is C14H20FNO3. The summed E-state index contributed by atoms with van der Waals surface area (Å²) in [7, 11) is 0. The summed E-state index contributed by atoms with van der Waals surface area (Å²) in [4.78, 5) is 11.6. The van der Waals surface area contributed by atoms with Gasteiger partial charge in [-0.05, 0) is 38.8 Å². The molecule has 2 N–H and O–H groups in total. The van der Waals surface area contributed by atoms with Crippen LogP contribution in [0.15, 0.2) is 24.3 Å². The Morgan fingerprint density at radius 1 is 1.42 bits per heavy atom. The smallest absolute Gasteiger partial charge is 0.407 e. The first-order valence-electron chi connectivity index (χ1n) is 6.15. The number of amides is 1. The van der Waals surface area contributed by atoms with Gasteiger partial charge >= 0.3 is 6.09 Å². The number of benzene rings is 1. The topological polar surface area (TPSA) is 58.6 Å². The molecule has 0 aliphatic carbocycles. The molecule has 0 saturated heterocycles. The zero-order valence-corrected chi connectivity index (χ0v) is 11.4. The zero-order chi connectivity index (χ0) is 14.5. The molecular weight excluding hydrogens is 249 g/mol. The van der Waals surface area contributed by atoms with E-state index in [9.17, 15) is 14.3 Å². The van der Waals surface area contributed by atoms with Crippen molar-refractivity contribution in [1.82, 2.24) is 5.32 Å². The van der Waals surface area contributed by atoms with Crippen LogP contribution in [0.5, 0.6) is 0 Å². The Hall–Kier alpha value is -1.62. The van der Waals surface area contributed by atoms with Gasteiger partial charge in [-0.2, -0.15) is 0 Å². The molecule has 0 fully saturated rings. The van der Waals surface area contributed by atoms with Crippen LogP contribution < -0.4 is 5.32 Å². The molecule has 0 bridgehead atoms. The quantitative estimate of drug-likeness (QED) is 0.881. The van der Waals surface area contributed by atoms with E-state index in [4.69, 9.17) is 4.74 Å². The summed E-state index contributed by atoms with van der Waals surface area (Å²) in [5, 5.41) is 11.8. The highest BCUT2D eigenvalue weighted by Crippen LogP contribution is 2.10. The molecule has 1 rings (SSSR count). The summed E-state index contributed by atoms with van der Waals surface area (Å²) in [6.45, 7) is 4.96. The van der Waals surface area contributed by atoms with Crippen LogP contribution in [-0.4, -0.2) is 29.4 Å². The third-order valence-corrected chi connectivity index (χ3v) is 2.37. The Bertz CT molecular complexity index is 429. The van der Waals surface area contributed by atoms with Crippen LogP contribution in [0.2, 0.25) is 0 Å². The Morgan fingerprint density at radius 3 is 2.58 bits per heavy atom. The van der Waals surface area contributed by atoms with Crippen molar-refractivity contribution < 1.29 is 19.0 Å². The van der Waals surface area contributed by atoms with E-state index in [0.29, 0.717) is 5.56 Å². The van der Waals surface area contributed by atoms with Crippen LogP contribution >= 0.6 is 0 Å². The third-order valence-electron chi connectivity index (χ3n) is 2.37. The van der Waals surface area contributed by atoms with Gasteiger partial charge in [-0.15, -0.1) is 0 Å². The second kappa shape index (κ2) is 6.52. The summed E-state index contributed by atoms with van der Waals surface area (Å²) in [6, 6.07) is 5.69. The number of ether oxygens (including phenoxy) is 1. The lowest BCUT2D eigenvalue weighted by Crippen LogP contribution is -2.42. The van der Waals surface area contributed by atoms with Crippen LogP contribution in [-0.2, 0) is 11.2 Å². The number of alkyl carbamates (subject to hydrolysis) is 1. The van der Waals surface area contributed by atoms with Crippen molar-refractivity contribution in [3.8, 4) is 0 Å². The second-order valence-corrected chi connectivity index (χ2v) is 5.32. The van der Waals surface area contributed by atoms with Crippen LogP contribution in [0.3, 0.4) is 0 Å². The van der Waals surface area contributed by atoms with Gasteiger partial charge in [0.15, 0.2) is 0 Å². The monoisotopic (exact) mass is 269 g/mol. The van der Waals surface area contributed by atoms with E-state index in [1.54, 1.807) is 39.0 Å². The first kappa shape index (κ1) is 15.4. The number of aliphatic hydroxyl groups is 1. The van der Waals surface area contributed by atoms with Crippen molar-refractivity contribution in [3.63, 3.8) is 0 Å². The SMILES string of the molecule is CC(C)(C)OC(=O)N[C@H](CO)Cc1ccccc1F. The lowest BCUT2D eigenvalue weighted by molar-refractivity contribution is 0.0482. The minimum absolute atomic E-state index is 0.211. The van der Waals surface area contributed by atoms with Gasteiger partial charge in [0.2, 0.25) is 0 Å². The van der Waals surface area contributed by atoms with Crippen molar-refractivity contribution >= 4 is 6.09 Å². The number of carbonyl (C=O) groups is 1. The molecule has 4 nitrogen and oxygen atoms in total. The summed E-state index contributed by atoms with van der Waals surface area (Å²) >= 11 is 0. The van der Waals surface area contributed by atoms with Gasteiger partial charge in [0, 0.05) is 0 Å². The van der Waals surface area contributed by atoms with Gasteiger partial charge < -0.3 is 15.2 Å². The molecule has 1 aromatic rings. The molecule has 0 aliphatic heterocycles. The number of halogens is 1. The predicted molar refractivity (Wildman–Crippen MR) is 70.3 cm³/mol. The average Bonchev–Trinajstić information content (AvgIpc) is 2.28. The minimum Gasteiger partial charge on any atom is -0.444 e. The standard InChI is InChI=1S/C14H20FNO3/c1-14(2,3)19-13(18)16-11(9-17)8-10-6-4-5-7-12(10)15/h4-7,11,17H,8-9H2,1-3H3,(H,16,18)/t11-/m0/s1.